The number of rotatable bonds is 6. The Balaban J connectivity index is 1.62. The first kappa shape index (κ1) is 21.8. The molecule has 2 heterocycles. The van der Waals surface area contributed by atoms with E-state index in [1.807, 2.05) is 19.9 Å². The van der Waals surface area contributed by atoms with Crippen LogP contribution >= 0.6 is 0 Å². The van der Waals surface area contributed by atoms with Gasteiger partial charge in [-0.3, -0.25) is 4.79 Å². The number of fused-ring (bicyclic) bond motifs is 3. The predicted molar refractivity (Wildman–Crippen MR) is 117 cm³/mol. The second-order valence-corrected chi connectivity index (χ2v) is 9.37. The highest BCUT2D eigenvalue weighted by Crippen LogP contribution is 2.52. The molecule has 2 aromatic carbocycles. The standard InChI is InChI=1S/C26H31FO4/c1-4-5-17-9-13-23-19(14-17)24-21(26(2,3)31-23)15-20(25(28)29)22(30-24)12-8-16-6-10-18(27)11-7-16/h6-7,9-11,13-14,20-22,24H,4-5,8,12,15H2,1-3H3,(H,28,29)/t20-,21-,22-,24+/m0/s1. The molecule has 1 saturated heterocycles. The Hall–Kier alpha value is -2.40. The molecule has 2 aromatic rings. The van der Waals surface area contributed by atoms with Crippen LogP contribution in [0.25, 0.3) is 0 Å². The molecule has 5 heteroatoms. The van der Waals surface area contributed by atoms with E-state index in [0.29, 0.717) is 19.3 Å². The molecule has 0 amide bonds. The molecular formula is C26H31FO4. The topological polar surface area (TPSA) is 55.8 Å². The van der Waals surface area contributed by atoms with E-state index in [1.165, 1.54) is 17.7 Å². The monoisotopic (exact) mass is 426 g/mol. The lowest BCUT2D eigenvalue weighted by atomic mass is 9.71. The lowest BCUT2D eigenvalue weighted by Gasteiger charge is -2.50. The molecule has 0 saturated carbocycles. The minimum absolute atomic E-state index is 0.0416. The molecule has 1 fully saturated rings. The highest BCUT2D eigenvalue weighted by Gasteiger charge is 2.51. The number of carbonyl (C=O) groups is 1. The lowest BCUT2D eigenvalue weighted by molar-refractivity contribution is -0.188. The van der Waals surface area contributed by atoms with Gasteiger partial charge in [-0.25, -0.2) is 4.39 Å². The summed E-state index contributed by atoms with van der Waals surface area (Å²) in [7, 11) is 0. The van der Waals surface area contributed by atoms with Crippen molar-refractivity contribution in [2.24, 2.45) is 11.8 Å². The summed E-state index contributed by atoms with van der Waals surface area (Å²) in [6.45, 7) is 6.20. The van der Waals surface area contributed by atoms with Crippen LogP contribution in [0.1, 0.15) is 62.8 Å². The maximum Gasteiger partial charge on any atom is 0.309 e. The second-order valence-electron chi connectivity index (χ2n) is 9.37. The number of hydrogen-bond donors (Lipinski definition) is 1. The highest BCUT2D eigenvalue weighted by molar-refractivity contribution is 5.71. The number of ether oxygens (including phenoxy) is 2. The Morgan fingerprint density at radius 3 is 2.52 bits per heavy atom. The zero-order valence-corrected chi connectivity index (χ0v) is 18.4. The third-order valence-electron chi connectivity index (χ3n) is 6.78. The number of aryl methyl sites for hydroxylation is 2. The van der Waals surface area contributed by atoms with Gasteiger partial charge in [0.15, 0.2) is 0 Å². The molecule has 4 rings (SSSR count). The third-order valence-corrected chi connectivity index (χ3v) is 6.78. The van der Waals surface area contributed by atoms with Gasteiger partial charge in [0.25, 0.3) is 0 Å². The number of halogens is 1. The average Bonchev–Trinajstić information content (AvgIpc) is 2.73. The van der Waals surface area contributed by atoms with Gasteiger partial charge in [0.2, 0.25) is 0 Å². The van der Waals surface area contributed by atoms with Gasteiger partial charge in [0.1, 0.15) is 17.2 Å². The smallest absolute Gasteiger partial charge is 0.309 e. The molecule has 0 aromatic heterocycles. The summed E-state index contributed by atoms with van der Waals surface area (Å²) in [6, 6.07) is 12.7. The zero-order valence-electron chi connectivity index (χ0n) is 18.4. The largest absolute Gasteiger partial charge is 0.487 e. The maximum absolute atomic E-state index is 13.2. The first-order valence-electron chi connectivity index (χ1n) is 11.2. The highest BCUT2D eigenvalue weighted by atomic mass is 19.1. The number of carboxylic acid groups (broad SMARTS) is 1. The summed E-state index contributed by atoms with van der Waals surface area (Å²) in [5.41, 5.74) is 2.75. The summed E-state index contributed by atoms with van der Waals surface area (Å²) in [5, 5.41) is 9.94. The van der Waals surface area contributed by atoms with Crippen LogP contribution in [-0.4, -0.2) is 22.8 Å². The molecule has 0 bridgehead atoms. The van der Waals surface area contributed by atoms with Gasteiger partial charge in [-0.05, 0) is 74.9 Å². The molecule has 4 atom stereocenters. The Morgan fingerprint density at radius 2 is 1.84 bits per heavy atom. The van der Waals surface area contributed by atoms with E-state index in [2.05, 4.69) is 19.1 Å². The SMILES string of the molecule is CCCc1ccc2c(c1)[C@H]1O[C@@H](CCc3ccc(F)cc3)[C@@H](C(=O)O)C[C@@H]1C(C)(C)O2. The van der Waals surface area contributed by atoms with Gasteiger partial charge in [0.05, 0.1) is 18.1 Å². The van der Waals surface area contributed by atoms with E-state index >= 15 is 0 Å². The van der Waals surface area contributed by atoms with Crippen molar-refractivity contribution in [3.05, 3.63) is 65.0 Å². The van der Waals surface area contributed by atoms with Crippen molar-refractivity contribution in [2.45, 2.75) is 70.7 Å². The third kappa shape index (κ3) is 4.47. The van der Waals surface area contributed by atoms with Crippen LogP contribution in [0.5, 0.6) is 5.75 Å². The van der Waals surface area contributed by atoms with Crippen LogP contribution in [0.2, 0.25) is 0 Å². The Labute approximate surface area is 183 Å². The number of benzene rings is 2. The Kier molecular flexibility index (Phi) is 6.07. The molecule has 2 aliphatic heterocycles. The van der Waals surface area contributed by atoms with Crippen LogP contribution in [0.3, 0.4) is 0 Å². The Bertz CT molecular complexity index is 937. The van der Waals surface area contributed by atoms with E-state index < -0.39 is 23.6 Å². The van der Waals surface area contributed by atoms with Crippen LogP contribution in [0.15, 0.2) is 42.5 Å². The van der Waals surface area contributed by atoms with E-state index in [-0.39, 0.29) is 17.8 Å². The first-order valence-corrected chi connectivity index (χ1v) is 11.2. The average molecular weight is 427 g/mol. The van der Waals surface area contributed by atoms with Crippen LogP contribution < -0.4 is 4.74 Å². The molecule has 0 aliphatic carbocycles. The molecule has 166 valence electrons. The number of aliphatic carboxylic acids is 1. The summed E-state index contributed by atoms with van der Waals surface area (Å²) in [5.74, 6) is -0.904. The van der Waals surface area contributed by atoms with Crippen molar-refractivity contribution >= 4 is 5.97 Å². The summed E-state index contributed by atoms with van der Waals surface area (Å²) in [6.07, 6.45) is 3.19. The van der Waals surface area contributed by atoms with Crippen molar-refractivity contribution in [3.63, 3.8) is 0 Å². The van der Waals surface area contributed by atoms with Gasteiger partial charge in [-0.1, -0.05) is 31.5 Å². The summed E-state index contributed by atoms with van der Waals surface area (Å²) >= 11 is 0. The van der Waals surface area contributed by atoms with Crippen molar-refractivity contribution in [2.75, 3.05) is 0 Å². The van der Waals surface area contributed by atoms with E-state index in [0.717, 1.165) is 29.7 Å². The van der Waals surface area contributed by atoms with E-state index in [4.69, 9.17) is 9.47 Å². The molecule has 0 radical (unpaired) electrons. The number of carboxylic acids is 1. The first-order chi connectivity index (χ1) is 14.8. The number of hydrogen-bond acceptors (Lipinski definition) is 3. The van der Waals surface area contributed by atoms with Crippen molar-refractivity contribution in [1.82, 2.24) is 0 Å². The minimum Gasteiger partial charge on any atom is -0.487 e. The molecule has 31 heavy (non-hydrogen) atoms. The second kappa shape index (κ2) is 8.62. The molecule has 2 aliphatic rings. The molecule has 1 N–H and O–H groups in total. The van der Waals surface area contributed by atoms with Crippen molar-refractivity contribution in [3.8, 4) is 5.75 Å². The van der Waals surface area contributed by atoms with Gasteiger partial charge >= 0.3 is 5.97 Å². The maximum atomic E-state index is 13.2. The minimum atomic E-state index is -0.830. The van der Waals surface area contributed by atoms with Gasteiger partial charge in [-0.15, -0.1) is 0 Å². The van der Waals surface area contributed by atoms with Gasteiger partial charge in [-0.2, -0.15) is 0 Å². The summed E-state index contributed by atoms with van der Waals surface area (Å²) < 4.78 is 26.1. The normalized spacial score (nSPS) is 26.5. The fourth-order valence-electron chi connectivity index (χ4n) is 5.07. The molecular weight excluding hydrogens is 395 g/mol. The quantitative estimate of drug-likeness (QED) is 0.641. The van der Waals surface area contributed by atoms with Crippen LogP contribution in [0, 0.1) is 17.7 Å². The van der Waals surface area contributed by atoms with Gasteiger partial charge < -0.3 is 14.6 Å². The molecule has 0 spiro atoms. The van der Waals surface area contributed by atoms with Crippen molar-refractivity contribution in [1.29, 1.82) is 0 Å². The summed E-state index contributed by atoms with van der Waals surface area (Å²) in [4.78, 5) is 12.1. The van der Waals surface area contributed by atoms with Crippen LogP contribution in [0.4, 0.5) is 4.39 Å². The predicted octanol–water partition coefficient (Wildman–Crippen LogP) is 5.73. The fourth-order valence-corrected chi connectivity index (χ4v) is 5.07. The van der Waals surface area contributed by atoms with E-state index in [9.17, 15) is 14.3 Å². The Morgan fingerprint density at radius 1 is 1.13 bits per heavy atom. The molecule has 4 nitrogen and oxygen atoms in total. The fraction of sp³-hybridized carbons (Fsp3) is 0.500. The van der Waals surface area contributed by atoms with E-state index in [1.54, 1.807) is 12.1 Å². The zero-order chi connectivity index (χ0) is 22.2. The van der Waals surface area contributed by atoms with Gasteiger partial charge in [0, 0.05) is 11.5 Å². The van der Waals surface area contributed by atoms with Crippen molar-refractivity contribution < 1.29 is 23.8 Å². The van der Waals surface area contributed by atoms with Crippen LogP contribution in [-0.2, 0) is 22.4 Å². The molecule has 0 unspecified atom stereocenters. The lowest BCUT2D eigenvalue weighted by Crippen LogP contribution is -2.52.